The highest BCUT2D eigenvalue weighted by atomic mass is 32.1. The summed E-state index contributed by atoms with van der Waals surface area (Å²) in [5.41, 5.74) is 1.90. The summed E-state index contributed by atoms with van der Waals surface area (Å²) in [7, 11) is 0. The highest BCUT2D eigenvalue weighted by Crippen LogP contribution is 2.38. The number of nitrogens with one attached hydrogen (secondary N) is 1. The minimum Gasteiger partial charge on any atom is -0.285 e. The Hall–Kier alpha value is -0.170. The van der Waals surface area contributed by atoms with Gasteiger partial charge in [-0.25, -0.2) is 0 Å². The molecule has 2 nitrogen and oxygen atoms in total. The summed E-state index contributed by atoms with van der Waals surface area (Å²) in [6.45, 7) is 0. The van der Waals surface area contributed by atoms with Crippen molar-refractivity contribution in [3.8, 4) is 11.1 Å². The molecule has 6 heteroatoms. The molecule has 0 amide bonds. The fourth-order valence-electron chi connectivity index (χ4n) is 1.25. The molecule has 78 valence electrons. The molecule has 1 aromatic heterocycles. The molecule has 0 unspecified atom stereocenters. The van der Waals surface area contributed by atoms with Crippen LogP contribution in [0.5, 0.6) is 0 Å². The Morgan fingerprint density at radius 3 is 2.33 bits per heavy atom. The van der Waals surface area contributed by atoms with Gasteiger partial charge in [0.05, 0.1) is 6.20 Å². The first-order valence-electron chi connectivity index (χ1n) is 4.07. The second-order valence-corrected chi connectivity index (χ2v) is 4.80. The fourth-order valence-corrected chi connectivity index (χ4v) is 2.39. The number of rotatable bonds is 1. The molecule has 0 saturated carbocycles. The Morgan fingerprint density at radius 1 is 1.00 bits per heavy atom. The molecule has 2 rings (SSSR count). The van der Waals surface area contributed by atoms with Gasteiger partial charge in [-0.05, 0) is 6.07 Å². The van der Waals surface area contributed by atoms with Crippen LogP contribution in [0.15, 0.2) is 38.0 Å². The van der Waals surface area contributed by atoms with Crippen molar-refractivity contribution in [3.63, 3.8) is 0 Å². The van der Waals surface area contributed by atoms with Gasteiger partial charge in [-0.2, -0.15) is 5.10 Å². The van der Waals surface area contributed by atoms with Crippen LogP contribution in [0.4, 0.5) is 0 Å². The molecule has 1 aromatic carbocycles. The molecule has 2 aromatic rings. The van der Waals surface area contributed by atoms with E-state index in [9.17, 15) is 0 Å². The summed E-state index contributed by atoms with van der Waals surface area (Å²) in [4.78, 5) is 3.02. The van der Waals surface area contributed by atoms with Gasteiger partial charge in [0, 0.05) is 36.9 Å². The monoisotopic (exact) mass is 272 g/mol. The number of benzene rings is 1. The van der Waals surface area contributed by atoms with Gasteiger partial charge in [0.25, 0.3) is 0 Å². The molecule has 0 radical (unpaired) electrons. The third kappa shape index (κ3) is 2.04. The lowest BCUT2D eigenvalue weighted by molar-refractivity contribution is 1.06. The summed E-state index contributed by atoms with van der Waals surface area (Å²) in [5.74, 6) is 0. The van der Waals surface area contributed by atoms with Crippen LogP contribution in [0.2, 0.25) is 0 Å². The van der Waals surface area contributed by atoms with Gasteiger partial charge in [0.15, 0.2) is 0 Å². The normalized spacial score (nSPS) is 10.7. The lowest BCUT2D eigenvalue weighted by Crippen LogP contribution is -1.84. The van der Waals surface area contributed by atoms with Gasteiger partial charge in [-0.15, -0.1) is 50.5 Å². The van der Waals surface area contributed by atoms with Crippen LogP contribution in [-0.4, -0.2) is 10.2 Å². The number of H-pyrrole nitrogens is 1. The molecule has 0 aliphatic rings. The largest absolute Gasteiger partial charge is 0.285 e. The third-order valence-corrected chi connectivity index (χ3v) is 4.29. The van der Waals surface area contributed by atoms with Crippen LogP contribution in [0, 0.1) is 0 Å². The Kier molecular flexibility index (Phi) is 3.30. The van der Waals surface area contributed by atoms with Crippen LogP contribution in [0.1, 0.15) is 0 Å². The van der Waals surface area contributed by atoms with E-state index in [4.69, 9.17) is 0 Å². The summed E-state index contributed by atoms with van der Waals surface area (Å²) in [6.07, 6.45) is 3.53. The van der Waals surface area contributed by atoms with Crippen molar-refractivity contribution in [1.29, 1.82) is 0 Å². The zero-order valence-electron chi connectivity index (χ0n) is 7.47. The van der Waals surface area contributed by atoms with Crippen molar-refractivity contribution in [2.75, 3.05) is 0 Å². The molecule has 0 bridgehead atoms. The highest BCUT2D eigenvalue weighted by molar-refractivity contribution is 7.86. The lowest BCUT2D eigenvalue weighted by Gasteiger charge is -2.10. The molecule has 15 heavy (non-hydrogen) atoms. The van der Waals surface area contributed by atoms with E-state index in [2.05, 4.69) is 60.7 Å². The van der Waals surface area contributed by atoms with E-state index in [1.54, 1.807) is 12.4 Å². The minimum atomic E-state index is 0.727. The molecule has 1 N–H and O–H groups in total. The molecular weight excluding hydrogens is 264 g/mol. The van der Waals surface area contributed by atoms with Crippen LogP contribution in [-0.2, 0) is 0 Å². The number of nitrogens with zero attached hydrogens (tertiary/aromatic N) is 1. The third-order valence-electron chi connectivity index (χ3n) is 2.04. The van der Waals surface area contributed by atoms with Crippen molar-refractivity contribution >= 4 is 50.5 Å². The zero-order chi connectivity index (χ0) is 11.0. The van der Waals surface area contributed by atoms with Crippen molar-refractivity contribution in [1.82, 2.24) is 10.2 Å². The highest BCUT2D eigenvalue weighted by Gasteiger charge is 2.11. The van der Waals surface area contributed by atoms with Crippen molar-refractivity contribution in [2.24, 2.45) is 0 Å². The molecule has 1 heterocycles. The second kappa shape index (κ2) is 4.37. The molecule has 0 aliphatic heterocycles. The second-order valence-electron chi connectivity index (χ2n) is 2.98. The fraction of sp³-hybridized carbons (Fsp3) is 0. The maximum atomic E-state index is 4.41. The molecule has 0 saturated heterocycles. The summed E-state index contributed by atoms with van der Waals surface area (Å²) >= 11 is 17.4. The molecule has 0 spiro atoms. The van der Waals surface area contributed by atoms with E-state index in [0.717, 1.165) is 30.7 Å². The number of hydrogen-bond donors (Lipinski definition) is 5. The van der Waals surface area contributed by atoms with E-state index in [1.807, 2.05) is 6.07 Å². The van der Waals surface area contributed by atoms with Gasteiger partial charge >= 0.3 is 0 Å². The van der Waals surface area contributed by atoms with Crippen LogP contribution < -0.4 is 0 Å². The standard InChI is InChI=1S/C9H8N2S4/c12-6-1-5(4-2-10-11-3-4)7(13)9(15)8(6)14/h1-3,12-15H,(H,10,11). The number of aromatic nitrogens is 2. The van der Waals surface area contributed by atoms with Gasteiger partial charge in [-0.1, -0.05) is 0 Å². The predicted octanol–water partition coefficient (Wildman–Crippen LogP) is 3.23. The molecule has 0 aliphatic carbocycles. The van der Waals surface area contributed by atoms with Crippen molar-refractivity contribution in [2.45, 2.75) is 19.6 Å². The summed E-state index contributed by atoms with van der Waals surface area (Å²) < 4.78 is 0. The lowest BCUT2D eigenvalue weighted by atomic mass is 10.1. The van der Waals surface area contributed by atoms with Crippen LogP contribution >= 0.6 is 50.5 Å². The summed E-state index contributed by atoms with van der Waals surface area (Å²) in [5, 5.41) is 6.65. The Morgan fingerprint density at radius 2 is 1.73 bits per heavy atom. The SMILES string of the molecule is Sc1cc(-c2cn[nH]c2)c(S)c(S)c1S. The first-order chi connectivity index (χ1) is 7.11. The van der Waals surface area contributed by atoms with E-state index in [-0.39, 0.29) is 0 Å². The van der Waals surface area contributed by atoms with E-state index < -0.39 is 0 Å². The maximum Gasteiger partial charge on any atom is 0.0566 e. The first-order valence-corrected chi connectivity index (χ1v) is 5.86. The number of thiol groups is 4. The first kappa shape index (κ1) is 11.3. The smallest absolute Gasteiger partial charge is 0.0566 e. The zero-order valence-corrected chi connectivity index (χ0v) is 11.0. The minimum absolute atomic E-state index is 0.727. The van der Waals surface area contributed by atoms with Crippen LogP contribution in [0.3, 0.4) is 0 Å². The summed E-state index contributed by atoms with van der Waals surface area (Å²) in [6, 6.07) is 1.90. The van der Waals surface area contributed by atoms with Gasteiger partial charge in [0.1, 0.15) is 0 Å². The number of aromatic amines is 1. The van der Waals surface area contributed by atoms with E-state index in [1.165, 1.54) is 0 Å². The quantitative estimate of drug-likeness (QED) is 0.507. The van der Waals surface area contributed by atoms with Gasteiger partial charge in [-0.3, -0.25) is 5.10 Å². The van der Waals surface area contributed by atoms with Crippen LogP contribution in [0.25, 0.3) is 11.1 Å². The predicted molar refractivity (Wildman–Crippen MR) is 73.0 cm³/mol. The molecule has 0 fully saturated rings. The van der Waals surface area contributed by atoms with E-state index in [0.29, 0.717) is 0 Å². The molecule has 0 atom stereocenters. The van der Waals surface area contributed by atoms with Crippen molar-refractivity contribution in [3.05, 3.63) is 18.5 Å². The Bertz CT molecular complexity index is 493. The Balaban J connectivity index is 2.69. The number of hydrogen-bond acceptors (Lipinski definition) is 5. The van der Waals surface area contributed by atoms with E-state index >= 15 is 0 Å². The maximum absolute atomic E-state index is 4.41. The van der Waals surface area contributed by atoms with Crippen molar-refractivity contribution < 1.29 is 0 Å². The average Bonchev–Trinajstić information content (AvgIpc) is 2.73. The van der Waals surface area contributed by atoms with Gasteiger partial charge < -0.3 is 0 Å². The topological polar surface area (TPSA) is 28.7 Å². The molecular formula is C9H8N2S4. The van der Waals surface area contributed by atoms with Gasteiger partial charge in [0.2, 0.25) is 0 Å². The Labute approximate surface area is 110 Å². The average molecular weight is 272 g/mol.